The minimum absolute atomic E-state index is 1.09. The lowest BCUT2D eigenvalue weighted by Crippen LogP contribution is -2.09. The molecule has 0 aliphatic carbocycles. The molecule has 0 atom stereocenters. The Labute approximate surface area is 555 Å². The minimum Gasteiger partial charge on any atom is -0.345 e. The Bertz CT molecular complexity index is 5040. The summed E-state index contributed by atoms with van der Waals surface area (Å²) in [6.45, 7) is 0. The molecule has 15 aliphatic rings. The van der Waals surface area contributed by atoms with E-state index in [4.69, 9.17) is 0 Å². The van der Waals surface area contributed by atoms with Crippen LogP contribution >= 0.6 is 0 Å². The molecule has 0 N–H and O–H groups in total. The van der Waals surface area contributed by atoms with E-state index in [-0.39, 0.29) is 0 Å². The molecule has 31 rings (SSSR count). The molecule has 0 saturated heterocycles. The largest absolute Gasteiger partial charge is 0.345 e. The van der Waals surface area contributed by atoms with Gasteiger partial charge in [-0.05, 0) is 222 Å². The number of anilines is 8. The summed E-state index contributed by atoms with van der Waals surface area (Å²) < 4.78 is 2.40. The van der Waals surface area contributed by atoms with Crippen LogP contribution in [0.3, 0.4) is 0 Å². The molecule has 0 amide bonds. The van der Waals surface area contributed by atoms with E-state index >= 15 is 0 Å². The fourth-order valence-corrected chi connectivity index (χ4v) is 13.8. The number of rotatable bonds is 3. The van der Waals surface area contributed by atoms with E-state index in [1.165, 1.54) is 99.7 Å². The first-order valence-corrected chi connectivity index (χ1v) is 32.6. The van der Waals surface area contributed by atoms with Crippen LogP contribution in [0.2, 0.25) is 0 Å². The molecule has 1 aromatic heterocycles. The van der Waals surface area contributed by atoms with Crippen LogP contribution in [0.5, 0.6) is 0 Å². The third kappa shape index (κ3) is 10.9. The molecule has 4 heteroatoms. The molecule has 24 bridgehead atoms. The van der Waals surface area contributed by atoms with Crippen LogP contribution in [0.25, 0.3) is 117 Å². The van der Waals surface area contributed by atoms with E-state index in [1.54, 1.807) is 0 Å². The molecule has 15 aromatic carbocycles. The lowest BCUT2D eigenvalue weighted by molar-refractivity contribution is 1.18. The number of hydrogen-bond acceptors (Lipinski definition) is 3. The van der Waals surface area contributed by atoms with Crippen LogP contribution < -0.4 is 14.7 Å². The third-order valence-electron chi connectivity index (χ3n) is 19.0. The Hall–Kier alpha value is -12.5. The van der Waals surface area contributed by atoms with Crippen molar-refractivity contribution in [3.05, 3.63) is 370 Å². The smallest absolute Gasteiger partial charge is 0.0541 e. The quantitative estimate of drug-likeness (QED) is 0.175. The van der Waals surface area contributed by atoms with Crippen molar-refractivity contribution < 1.29 is 0 Å². The normalized spacial score (nSPS) is 12.0. The predicted octanol–water partition coefficient (Wildman–Crippen LogP) is 25.1. The summed E-state index contributed by atoms with van der Waals surface area (Å²) in [6.07, 6.45) is 0. The van der Waals surface area contributed by atoms with Crippen molar-refractivity contribution in [2.75, 3.05) is 21.7 Å². The van der Waals surface area contributed by atoms with Gasteiger partial charge in [-0.15, -0.1) is 0 Å². The van der Waals surface area contributed by atoms with E-state index in [9.17, 15) is 0 Å². The Kier molecular flexibility index (Phi) is 14.4. The average molecular weight is 1210 g/mol. The Morgan fingerprint density at radius 2 is 0.337 bits per heavy atom. The van der Waals surface area contributed by atoms with E-state index in [1.807, 2.05) is 0 Å². The van der Waals surface area contributed by atoms with Crippen LogP contribution in [-0.2, 0) is 0 Å². The fraction of sp³-hybridized carbons (Fsp3) is 0.0110. The number of benzene rings is 15. The van der Waals surface area contributed by atoms with Gasteiger partial charge in [-0.1, -0.05) is 237 Å². The van der Waals surface area contributed by atoms with E-state index in [2.05, 4.69) is 396 Å². The maximum atomic E-state index is 2.40. The van der Waals surface area contributed by atoms with Gasteiger partial charge in [0.2, 0.25) is 0 Å². The van der Waals surface area contributed by atoms with Gasteiger partial charge < -0.3 is 19.3 Å². The Morgan fingerprint density at radius 3 is 0.579 bits per heavy atom. The summed E-state index contributed by atoms with van der Waals surface area (Å²) in [5.74, 6) is 0. The van der Waals surface area contributed by atoms with Crippen LogP contribution in [0.4, 0.5) is 45.5 Å². The predicted molar refractivity (Wildman–Crippen MR) is 402 cm³/mol. The molecule has 16 heterocycles. The number of aromatic nitrogens is 1. The molecule has 0 fully saturated rings. The monoisotopic (exact) mass is 1210 g/mol. The lowest BCUT2D eigenvalue weighted by atomic mass is 9.97. The zero-order valence-electron chi connectivity index (χ0n) is 52.5. The number of fused-ring (bicyclic) bond motifs is 2. The first kappa shape index (κ1) is 56.5. The van der Waals surface area contributed by atoms with Gasteiger partial charge in [0.05, 0.1) is 11.0 Å². The lowest BCUT2D eigenvalue weighted by Gasteiger charge is -2.26. The molecule has 15 aliphatic heterocycles. The van der Waals surface area contributed by atoms with Crippen molar-refractivity contribution in [2.45, 2.75) is 0 Å². The summed E-state index contributed by atoms with van der Waals surface area (Å²) in [5, 5.41) is 2.43. The van der Waals surface area contributed by atoms with Crippen molar-refractivity contribution >= 4 is 67.3 Å². The molecule has 0 saturated carbocycles. The molecule has 0 spiro atoms. The van der Waals surface area contributed by atoms with E-state index in [0.717, 1.165) is 62.3 Å². The van der Waals surface area contributed by atoms with Crippen molar-refractivity contribution in [1.82, 2.24) is 4.57 Å². The Balaban J connectivity index is 0.718. The number of hydrogen-bond donors (Lipinski definition) is 0. The summed E-state index contributed by atoms with van der Waals surface area (Å²) in [6, 6.07) is 135. The molecule has 16 aromatic rings. The highest BCUT2D eigenvalue weighted by Gasteiger charge is 2.19. The SMILES string of the molecule is CN1c2ccc(cc2)-c2ccc(cc2)-c2ccc(cc2)N(c2ccccc2)c2ccc(cc2)-c2ccc(cc2)-c2ccc3c(c2)c2cc(ccc2n3-c2ccccc2)-c2ccc(cc2)-c2ccc(cc2)N(c2ccccc2)c2ccc(cc2)-c2ccc(cc2)-c2ccc1cc2. The second-order valence-corrected chi connectivity index (χ2v) is 24.6. The molecular weight excluding hydrogens is 1150 g/mol. The number of nitrogens with zero attached hydrogens (tertiary/aromatic N) is 4. The number of para-hydroxylation sites is 3. The van der Waals surface area contributed by atoms with Gasteiger partial charge in [0.1, 0.15) is 0 Å². The van der Waals surface area contributed by atoms with Crippen LogP contribution in [-0.4, -0.2) is 11.6 Å². The van der Waals surface area contributed by atoms with Crippen molar-refractivity contribution in [3.8, 4) is 94.7 Å². The Morgan fingerprint density at radius 1 is 0.158 bits per heavy atom. The average Bonchev–Trinajstić information content (AvgIpc) is 1.60. The van der Waals surface area contributed by atoms with Crippen LogP contribution in [0.15, 0.2) is 370 Å². The third-order valence-corrected chi connectivity index (χ3v) is 19.0. The van der Waals surface area contributed by atoms with Gasteiger partial charge in [-0.25, -0.2) is 0 Å². The van der Waals surface area contributed by atoms with Gasteiger partial charge in [0, 0.05) is 69.0 Å². The highest BCUT2D eigenvalue weighted by atomic mass is 15.1. The van der Waals surface area contributed by atoms with Gasteiger partial charge in [0.25, 0.3) is 0 Å². The second kappa shape index (κ2) is 24.3. The fourth-order valence-electron chi connectivity index (χ4n) is 13.8. The first-order valence-electron chi connectivity index (χ1n) is 32.6. The molecule has 448 valence electrons. The summed E-state index contributed by atoms with van der Waals surface area (Å²) in [5.41, 5.74) is 31.1. The molecular formula is C91H64N4. The highest BCUT2D eigenvalue weighted by molar-refractivity contribution is 6.12. The van der Waals surface area contributed by atoms with Crippen molar-refractivity contribution in [1.29, 1.82) is 0 Å². The van der Waals surface area contributed by atoms with Gasteiger partial charge >= 0.3 is 0 Å². The van der Waals surface area contributed by atoms with E-state index in [0.29, 0.717) is 0 Å². The summed E-state index contributed by atoms with van der Waals surface area (Å²) in [7, 11) is 2.14. The van der Waals surface area contributed by atoms with Gasteiger partial charge in [-0.3, -0.25) is 0 Å². The molecule has 95 heavy (non-hydrogen) atoms. The summed E-state index contributed by atoms with van der Waals surface area (Å²) >= 11 is 0. The zero-order chi connectivity index (χ0) is 63.2. The zero-order valence-corrected chi connectivity index (χ0v) is 52.5. The standard InChI is InChI=1S/C91H64N4/c1-92-79-47-33-69(34-48-79)63-17-21-65(22-18-63)71-37-51-84(52-38-71)93(81-11-5-2-6-12-81)86-55-41-73(42-56-86)67-25-29-75(30-26-67)77-45-59-90-88(61-77)89-62-78(46-60-91(89)95(90)83-15-9-4-10-16-83)76-31-27-68(28-32-76)74-43-57-87(58-44-74)94(82-13-7-3-8-14-82)85-53-39-72(40-54-85)66-23-19-64(20-24-66)70-35-49-80(92)50-36-70/h2-62H,1H3. The van der Waals surface area contributed by atoms with Crippen LogP contribution in [0.1, 0.15) is 0 Å². The summed E-state index contributed by atoms with van der Waals surface area (Å²) in [4.78, 5) is 6.91. The maximum absolute atomic E-state index is 2.40. The maximum Gasteiger partial charge on any atom is 0.0541 e. The molecule has 0 radical (unpaired) electrons. The minimum atomic E-state index is 1.09. The first-order chi connectivity index (χ1) is 47.0. The highest BCUT2D eigenvalue weighted by Crippen LogP contribution is 2.43. The van der Waals surface area contributed by atoms with Gasteiger partial charge in [-0.2, -0.15) is 0 Å². The second-order valence-electron chi connectivity index (χ2n) is 24.6. The van der Waals surface area contributed by atoms with Crippen LogP contribution in [0, 0.1) is 0 Å². The van der Waals surface area contributed by atoms with Gasteiger partial charge in [0.15, 0.2) is 0 Å². The topological polar surface area (TPSA) is 14.7 Å². The van der Waals surface area contributed by atoms with Crippen molar-refractivity contribution in [3.63, 3.8) is 0 Å². The van der Waals surface area contributed by atoms with Crippen molar-refractivity contribution in [2.24, 2.45) is 0 Å². The molecule has 4 nitrogen and oxygen atoms in total. The molecule has 0 unspecified atom stereocenters. The van der Waals surface area contributed by atoms with E-state index < -0.39 is 0 Å².